The van der Waals surface area contributed by atoms with Gasteiger partial charge in [0.25, 0.3) is 0 Å². The number of aliphatic hydroxyl groups is 8. The summed E-state index contributed by atoms with van der Waals surface area (Å²) in [4.78, 5) is 0. The number of fused-ring (bicyclic) bond motifs is 20. The van der Waals surface area contributed by atoms with Gasteiger partial charge in [0.05, 0.1) is 44.8 Å². The molecule has 20 fully saturated rings. The first-order valence-electron chi connectivity index (χ1n) is 61.4. The van der Waals surface area contributed by atoms with Gasteiger partial charge in [-0.3, -0.25) is 0 Å². The zero-order chi connectivity index (χ0) is 99.7. The minimum atomic E-state index is -1.08. The van der Waals surface area contributed by atoms with E-state index in [9.17, 15) is 49.6 Å². The number of hydrogen-bond donors (Lipinski definition) is 8. The zero-order valence-corrected chi connectivity index (χ0v) is 94.0. The summed E-state index contributed by atoms with van der Waals surface area (Å²) in [6, 6.07) is 0. The van der Waals surface area contributed by atoms with Crippen LogP contribution in [-0.2, 0) is 0 Å². The normalized spacial score (nSPS) is 52.9. The average Bonchev–Trinajstić information content (AvgIpc) is 1.45. The van der Waals surface area contributed by atoms with Crippen LogP contribution in [0.25, 0.3) is 0 Å². The lowest BCUT2D eigenvalue weighted by molar-refractivity contribution is -0.153. The van der Waals surface area contributed by atoms with Crippen LogP contribution in [0.2, 0.25) is 0 Å². The highest BCUT2D eigenvalue weighted by Crippen LogP contribution is 2.76. The average molecular weight is 1930 g/mol. The Bertz CT molecular complexity index is 3790. The second-order valence-electron chi connectivity index (χ2n) is 62.6. The number of halogens is 2. The predicted octanol–water partition coefficient (Wildman–Crippen LogP) is 32.8. The monoisotopic (exact) mass is 1930 g/mol. The first-order valence-corrected chi connectivity index (χ1v) is 61.4. The Balaban J connectivity index is 0.000000127. The van der Waals surface area contributed by atoms with Gasteiger partial charge in [0.1, 0.15) is 11.3 Å². The van der Waals surface area contributed by atoms with Gasteiger partial charge in [0, 0.05) is 0 Å². The SMILES string of the molecule is CC[C@]1(O)CC[C@@]2(C)[C@@H](CC[C@@H]3[C@@H]2CC[C@]2(C)[C@@H]([C@H](C)CCC4(O)CCC(C)(C)CC4)CC[C@@H]32)C1.CC[C@]1(O)CC[C@@]2(C)[C@@H](CC[C@@H]3[C@@H]2CC[C@]2(C)[C@@H]([C@H](C)CCC4(O)CCC(C)(F)CC4)CC[C@@H]32)C1.C[C@H](CCC1(O)CCC(C)(C)CC1)[C@H]1CC[C@H]2[C@@H]3CC[C@H]4C[C@@](C)(O)CC[C@]4(C)[C@H]3CC[C@]12C.C[C@H](CCC1(O)CCC(C)(F)CC1)[C@H]1CC[C@H]2[C@@H]3CC[C@H]4C[C@@](C)(O)CC[C@]4(C)[C@H]3CC[C@]12C. The maximum absolute atomic E-state index is 14.3. The van der Waals surface area contributed by atoms with Crippen molar-refractivity contribution in [2.75, 3.05) is 0 Å². The van der Waals surface area contributed by atoms with Crippen molar-refractivity contribution in [3.8, 4) is 0 Å². The Morgan fingerprint density at radius 2 is 0.413 bits per heavy atom. The molecule has 20 saturated carbocycles. The number of alkyl halides is 2. The van der Waals surface area contributed by atoms with E-state index in [-0.39, 0.29) is 5.60 Å². The standard InChI is InChI=1S/C33H58O2.C32H55FO2.C32H56O2.C31H53FO2/c1-7-32(34)21-18-30(5)24(22-32)8-9-25-27-11-10-26(31(27,6)14-13-28(25)30)23(2)12-15-33(35)19-16-29(3,4)17-20-33;1-6-31(34)20-17-29(4)23(21-31)7-8-24-26-10-9-25(30(26,5)13-12-27(24)29)22(2)11-14-32(35)18-15-28(3,33)16-19-32;1-22(11-14-32(34)19-15-28(2,3)16-20-32)25-9-10-26-24-8-7-23-21-29(4,33)17-18-30(23,5)27(24)12-13-31(25,26)6;1-21(10-13-31(34)18-14-27(2,32)15-19-31)24-8-9-25-23-7-6-22-20-28(3,33)16-17-29(22,4)26(23)11-12-30(24,25)5/h23-28,34-35H,7-22H2,1-6H3;22-27,34-35H,6-21H2,1-5H3;22-27,33-34H,7-21H2,1-6H3;21-26,33-34H,6-20H2,1-5H3/t23-,24+,25+,26-,27+,28+,30+,31-,32+;22-,23+,24+,25-,26+,27+,28?,29+,30-,31+,32?;22-,23+,24+,25-,26+,27+,29+,30+,31-;21-,22+,23+,24-,25+,26+,27?,28+,29+,30-,31?/m1111/s1. The maximum atomic E-state index is 14.3. The summed E-state index contributed by atoms with van der Waals surface area (Å²) >= 11 is 0. The minimum absolute atomic E-state index is 0.383. The molecule has 20 rings (SSSR count). The molecule has 0 bridgehead atoms. The highest BCUT2D eigenvalue weighted by molar-refractivity contribution is 5.18. The van der Waals surface area contributed by atoms with E-state index >= 15 is 0 Å². The summed E-state index contributed by atoms with van der Waals surface area (Å²) in [7, 11) is 0. The van der Waals surface area contributed by atoms with Crippen molar-refractivity contribution in [3.63, 3.8) is 0 Å². The lowest BCUT2D eigenvalue weighted by Gasteiger charge is -2.62. The highest BCUT2D eigenvalue weighted by Gasteiger charge is 2.68. The molecule has 0 radical (unpaired) electrons. The number of rotatable bonds is 18. The Kier molecular flexibility index (Phi) is 30.8. The zero-order valence-electron chi connectivity index (χ0n) is 94.0. The van der Waals surface area contributed by atoms with Gasteiger partial charge in [-0.05, 0) is 622 Å². The van der Waals surface area contributed by atoms with E-state index in [0.29, 0.717) is 129 Å². The Morgan fingerprint density at radius 3 is 0.645 bits per heavy atom. The van der Waals surface area contributed by atoms with E-state index in [1.807, 2.05) is 0 Å². The van der Waals surface area contributed by atoms with Crippen molar-refractivity contribution < 1.29 is 49.6 Å². The van der Waals surface area contributed by atoms with E-state index in [1.54, 1.807) is 13.8 Å². The maximum Gasteiger partial charge on any atom is 0.108 e. The van der Waals surface area contributed by atoms with Crippen LogP contribution < -0.4 is 0 Å². The van der Waals surface area contributed by atoms with Crippen LogP contribution in [0.4, 0.5) is 8.78 Å². The van der Waals surface area contributed by atoms with Crippen molar-refractivity contribution >= 4 is 0 Å². The molecule has 8 nitrogen and oxygen atoms in total. The van der Waals surface area contributed by atoms with Crippen LogP contribution >= 0.6 is 0 Å². The van der Waals surface area contributed by atoms with Crippen molar-refractivity contribution in [3.05, 3.63) is 0 Å². The summed E-state index contributed by atoms with van der Waals surface area (Å²) in [6.07, 6.45) is 70.1. The molecule has 8 N–H and O–H groups in total. The van der Waals surface area contributed by atoms with Crippen molar-refractivity contribution in [1.29, 1.82) is 0 Å². The molecule has 0 saturated heterocycles. The second kappa shape index (κ2) is 39.0. The summed E-state index contributed by atoms with van der Waals surface area (Å²) in [6.45, 7) is 52.5. The van der Waals surface area contributed by atoms with Crippen LogP contribution in [0, 0.1) is 196 Å². The molecular weight excluding hydrogens is 1700 g/mol. The Hall–Kier alpha value is -0.460. The molecule has 0 aromatic rings. The molecule has 138 heavy (non-hydrogen) atoms. The van der Waals surface area contributed by atoms with Crippen molar-refractivity contribution in [1.82, 2.24) is 0 Å². The van der Waals surface area contributed by atoms with E-state index in [2.05, 4.69) is 138 Å². The quantitative estimate of drug-likeness (QED) is 0.0673. The topological polar surface area (TPSA) is 162 Å². The highest BCUT2D eigenvalue weighted by atomic mass is 19.1. The molecule has 0 heterocycles. The fourth-order valence-corrected chi connectivity index (χ4v) is 43.1. The summed E-state index contributed by atoms with van der Waals surface area (Å²) in [5, 5.41) is 88.6. The van der Waals surface area contributed by atoms with Gasteiger partial charge in [0.15, 0.2) is 0 Å². The van der Waals surface area contributed by atoms with Crippen molar-refractivity contribution in [2.45, 2.75) is 607 Å². The molecule has 10 heteroatoms. The van der Waals surface area contributed by atoms with Crippen LogP contribution in [0.5, 0.6) is 0 Å². The molecule has 0 aliphatic heterocycles. The molecular formula is C128H222F2O8. The third kappa shape index (κ3) is 21.0. The van der Waals surface area contributed by atoms with Crippen molar-refractivity contribution in [2.24, 2.45) is 196 Å². The van der Waals surface area contributed by atoms with Gasteiger partial charge in [-0.15, -0.1) is 0 Å². The molecule has 0 spiro atoms. The first-order chi connectivity index (χ1) is 64.2. The lowest BCUT2D eigenvalue weighted by Crippen LogP contribution is -2.56. The van der Waals surface area contributed by atoms with Crippen LogP contribution in [0.1, 0.15) is 550 Å². The molecule has 36 atom stereocenters. The molecule has 0 aromatic heterocycles. The second-order valence-corrected chi connectivity index (χ2v) is 62.6. The van der Waals surface area contributed by atoms with Gasteiger partial charge < -0.3 is 40.9 Å². The third-order valence-electron chi connectivity index (χ3n) is 53.7. The summed E-state index contributed by atoms with van der Waals surface area (Å²) < 4.78 is 28.6. The predicted molar refractivity (Wildman–Crippen MR) is 566 cm³/mol. The largest absolute Gasteiger partial charge is 0.390 e. The van der Waals surface area contributed by atoms with Gasteiger partial charge in [-0.2, -0.15) is 0 Å². The van der Waals surface area contributed by atoms with Gasteiger partial charge in [-0.25, -0.2) is 8.78 Å². The number of hydrogen-bond acceptors (Lipinski definition) is 8. The molecule has 0 amide bonds. The smallest absolute Gasteiger partial charge is 0.108 e. The fraction of sp³-hybridized carbons (Fsp3) is 1.00. The van der Waals surface area contributed by atoms with Crippen LogP contribution in [0.15, 0.2) is 0 Å². The van der Waals surface area contributed by atoms with Crippen LogP contribution in [-0.4, -0.2) is 97.0 Å². The van der Waals surface area contributed by atoms with E-state index in [1.165, 1.54) is 218 Å². The van der Waals surface area contributed by atoms with E-state index in [0.717, 1.165) is 247 Å². The molecule has 20 aliphatic carbocycles. The van der Waals surface area contributed by atoms with Crippen LogP contribution in [0.3, 0.4) is 0 Å². The van der Waals surface area contributed by atoms with Gasteiger partial charge in [-0.1, -0.05) is 125 Å². The first kappa shape index (κ1) is 109. The minimum Gasteiger partial charge on any atom is -0.390 e. The molecule has 0 aromatic carbocycles. The molecule has 796 valence electrons. The Morgan fingerprint density at radius 1 is 0.210 bits per heavy atom. The Labute approximate surface area is 847 Å². The molecule has 20 aliphatic rings. The summed E-state index contributed by atoms with van der Waals surface area (Å²) in [5.74, 6) is 19.5. The van der Waals surface area contributed by atoms with E-state index in [4.69, 9.17) is 0 Å². The summed E-state index contributed by atoms with van der Waals surface area (Å²) in [5.41, 5.74) is -1.28. The lowest BCUT2D eigenvalue weighted by atomic mass is 9.43. The molecule has 0 unspecified atom stereocenters. The van der Waals surface area contributed by atoms with Gasteiger partial charge in [0.2, 0.25) is 0 Å². The van der Waals surface area contributed by atoms with Gasteiger partial charge >= 0.3 is 0 Å². The van der Waals surface area contributed by atoms with E-state index < -0.39 is 50.5 Å². The fourth-order valence-electron chi connectivity index (χ4n) is 43.1. The third-order valence-corrected chi connectivity index (χ3v) is 53.7.